The van der Waals surface area contributed by atoms with E-state index in [0.717, 1.165) is 49.7 Å². The Balaban J connectivity index is 1.85. The van der Waals surface area contributed by atoms with E-state index in [-0.39, 0.29) is 5.82 Å². The van der Waals surface area contributed by atoms with E-state index in [1.165, 1.54) is 27.2 Å². The van der Waals surface area contributed by atoms with Crippen LogP contribution in [0.1, 0.15) is 75.0 Å². The van der Waals surface area contributed by atoms with E-state index in [0.29, 0.717) is 34.7 Å². The molecule has 1 atom stereocenters. The van der Waals surface area contributed by atoms with Gasteiger partial charge in [-0.3, -0.25) is 0 Å². The summed E-state index contributed by atoms with van der Waals surface area (Å²) in [7, 11) is -3.84. The van der Waals surface area contributed by atoms with Crippen molar-refractivity contribution in [2.45, 2.75) is 69.6 Å². The summed E-state index contributed by atoms with van der Waals surface area (Å²) in [6.07, 6.45) is 10.8. The number of benzene rings is 2. The van der Waals surface area contributed by atoms with Crippen LogP contribution in [0.25, 0.3) is 16.5 Å². The lowest BCUT2D eigenvalue weighted by Gasteiger charge is -2.13. The fourth-order valence-electron chi connectivity index (χ4n) is 5.10. The fraction of sp³-hybridized carbons (Fsp3) is 0.407. The third-order valence-electron chi connectivity index (χ3n) is 6.76. The smallest absolute Gasteiger partial charge is 0.268 e. The number of quaternary nitrogens is 1. The molecule has 0 amide bonds. The largest absolute Gasteiger partial charge is 0.357 e. The summed E-state index contributed by atoms with van der Waals surface area (Å²) >= 11 is 0. The summed E-state index contributed by atoms with van der Waals surface area (Å²) in [5.41, 5.74) is 8.67. The van der Waals surface area contributed by atoms with Gasteiger partial charge in [0.2, 0.25) is 0 Å². The van der Waals surface area contributed by atoms with Gasteiger partial charge >= 0.3 is 0 Å². The van der Waals surface area contributed by atoms with Crippen LogP contribution in [0.4, 0.5) is 4.39 Å². The molecule has 0 spiro atoms. The van der Waals surface area contributed by atoms with Gasteiger partial charge in [0.25, 0.3) is 10.0 Å². The molecule has 0 saturated carbocycles. The van der Waals surface area contributed by atoms with Crippen LogP contribution in [0.5, 0.6) is 0 Å². The van der Waals surface area contributed by atoms with Crippen molar-refractivity contribution in [2.24, 2.45) is 0 Å². The molecule has 0 fully saturated rings. The molecule has 1 heterocycles. The van der Waals surface area contributed by atoms with E-state index >= 15 is 0 Å². The second-order valence-corrected chi connectivity index (χ2v) is 10.8. The minimum absolute atomic E-state index is 0.301. The van der Waals surface area contributed by atoms with Gasteiger partial charge in [-0.2, -0.15) is 0 Å². The molecule has 1 unspecified atom stereocenters. The van der Waals surface area contributed by atoms with Gasteiger partial charge in [-0.15, -0.1) is 0 Å². The van der Waals surface area contributed by atoms with Crippen LogP contribution in [0, 0.1) is 5.82 Å². The summed E-state index contributed by atoms with van der Waals surface area (Å²) < 4.78 is 43.2. The first-order valence-corrected chi connectivity index (χ1v) is 13.5. The first-order chi connectivity index (χ1) is 15.9. The quantitative estimate of drug-likeness (QED) is 0.439. The van der Waals surface area contributed by atoms with Crippen molar-refractivity contribution in [1.29, 1.82) is 0 Å². The highest BCUT2D eigenvalue weighted by Crippen LogP contribution is 2.39. The SMILES string of the molecule is CC/C=C(\CC[NH3+])c1cn(S(=O)(=O)c2ccc3c(c2)C(CCCC)CC3)c2ccc(F)cc12. The molecule has 2 aromatic carbocycles. The zero-order valence-electron chi connectivity index (χ0n) is 19.6. The van der Waals surface area contributed by atoms with Gasteiger partial charge in [0, 0.05) is 23.6 Å². The molecule has 1 aliphatic rings. The summed E-state index contributed by atoms with van der Waals surface area (Å²) in [6.45, 7) is 4.91. The van der Waals surface area contributed by atoms with Gasteiger partial charge in [0.15, 0.2) is 0 Å². The maximum Gasteiger partial charge on any atom is 0.268 e. The molecule has 0 bridgehead atoms. The minimum atomic E-state index is -3.84. The van der Waals surface area contributed by atoms with Crippen LogP contribution < -0.4 is 5.73 Å². The highest BCUT2D eigenvalue weighted by molar-refractivity contribution is 7.90. The van der Waals surface area contributed by atoms with Crippen molar-refractivity contribution in [1.82, 2.24) is 3.97 Å². The average Bonchev–Trinajstić information content (AvgIpc) is 3.38. The molecule has 1 aromatic heterocycles. The van der Waals surface area contributed by atoms with Gasteiger partial charge in [0.05, 0.1) is 17.0 Å². The predicted octanol–water partition coefficient (Wildman–Crippen LogP) is 5.66. The molecule has 176 valence electrons. The van der Waals surface area contributed by atoms with E-state index in [1.54, 1.807) is 18.3 Å². The fourth-order valence-corrected chi connectivity index (χ4v) is 6.51. The van der Waals surface area contributed by atoms with Gasteiger partial charge in [-0.1, -0.05) is 38.8 Å². The molecule has 1 aliphatic carbocycles. The van der Waals surface area contributed by atoms with Gasteiger partial charge in [-0.05, 0) is 78.6 Å². The lowest BCUT2D eigenvalue weighted by atomic mass is 9.96. The molecular weight excluding hydrogens is 435 g/mol. The monoisotopic (exact) mass is 469 g/mol. The summed E-state index contributed by atoms with van der Waals surface area (Å²) in [5.74, 6) is 0.0537. The number of fused-ring (bicyclic) bond motifs is 2. The average molecular weight is 470 g/mol. The van der Waals surface area contributed by atoms with Crippen LogP contribution in [0.3, 0.4) is 0 Å². The first kappa shape index (κ1) is 23.7. The van der Waals surface area contributed by atoms with E-state index in [9.17, 15) is 12.8 Å². The van der Waals surface area contributed by atoms with Gasteiger partial charge in [0.1, 0.15) is 5.82 Å². The number of hydrogen-bond acceptors (Lipinski definition) is 2. The Morgan fingerprint density at radius 3 is 2.76 bits per heavy atom. The van der Waals surface area contributed by atoms with Gasteiger partial charge < -0.3 is 5.73 Å². The lowest BCUT2D eigenvalue weighted by Crippen LogP contribution is -2.50. The van der Waals surface area contributed by atoms with Gasteiger partial charge in [-0.25, -0.2) is 16.8 Å². The number of rotatable bonds is 9. The van der Waals surface area contributed by atoms with Crippen molar-refractivity contribution in [3.05, 3.63) is 71.2 Å². The highest BCUT2D eigenvalue weighted by Gasteiger charge is 2.27. The molecule has 0 aliphatic heterocycles. The van der Waals surface area contributed by atoms with Crippen LogP contribution in [0.2, 0.25) is 0 Å². The Bertz CT molecular complexity index is 1290. The number of aryl methyl sites for hydroxylation is 1. The zero-order chi connectivity index (χ0) is 23.6. The Morgan fingerprint density at radius 2 is 2.03 bits per heavy atom. The number of unbranched alkanes of at least 4 members (excludes halogenated alkanes) is 1. The maximum absolute atomic E-state index is 14.2. The molecule has 4 rings (SSSR count). The maximum atomic E-state index is 14.2. The molecular formula is C27H34FN2O2S+. The second-order valence-electron chi connectivity index (χ2n) is 8.98. The summed E-state index contributed by atoms with van der Waals surface area (Å²) in [4.78, 5) is 0.301. The summed E-state index contributed by atoms with van der Waals surface area (Å²) in [5, 5.41) is 0.619. The third kappa shape index (κ3) is 4.51. The van der Waals surface area contributed by atoms with E-state index in [4.69, 9.17) is 0 Å². The van der Waals surface area contributed by atoms with E-state index in [1.807, 2.05) is 19.1 Å². The standard InChI is InChI=1S/C27H33FN2O2S/c1-3-5-7-20-8-9-21-10-12-23(17-24(20)21)33(31,32)30-18-26(19(6-4-2)14-15-29)25-16-22(28)11-13-27(25)30/h6,10-13,16-18,20H,3-5,7-9,14-15,29H2,1-2H3/p+1/b19-6+. The minimum Gasteiger partial charge on any atom is -0.357 e. The van der Waals surface area contributed by atoms with Crippen molar-refractivity contribution >= 4 is 26.5 Å². The molecule has 6 heteroatoms. The second kappa shape index (κ2) is 9.82. The van der Waals surface area contributed by atoms with E-state index < -0.39 is 10.0 Å². The number of halogens is 1. The number of aromatic nitrogens is 1. The Kier molecular flexibility index (Phi) is 7.05. The highest BCUT2D eigenvalue weighted by atomic mass is 32.2. The molecule has 33 heavy (non-hydrogen) atoms. The van der Waals surface area contributed by atoms with Crippen LogP contribution in [0.15, 0.2) is 53.6 Å². The van der Waals surface area contributed by atoms with Crippen LogP contribution in [-0.2, 0) is 16.4 Å². The van der Waals surface area contributed by atoms with Crippen molar-refractivity contribution in [3.8, 4) is 0 Å². The zero-order valence-corrected chi connectivity index (χ0v) is 20.4. The van der Waals surface area contributed by atoms with Crippen molar-refractivity contribution in [3.63, 3.8) is 0 Å². The van der Waals surface area contributed by atoms with E-state index in [2.05, 4.69) is 18.7 Å². The number of allylic oxidation sites excluding steroid dienone is 1. The third-order valence-corrected chi connectivity index (χ3v) is 8.43. The Labute approximate surface area is 196 Å². The summed E-state index contributed by atoms with van der Waals surface area (Å²) in [6, 6.07) is 9.91. The molecule has 3 aromatic rings. The van der Waals surface area contributed by atoms with Crippen molar-refractivity contribution < 1.29 is 18.5 Å². The van der Waals surface area contributed by atoms with Crippen molar-refractivity contribution in [2.75, 3.05) is 6.54 Å². The lowest BCUT2D eigenvalue weighted by molar-refractivity contribution is -0.365. The molecule has 0 radical (unpaired) electrons. The van der Waals surface area contributed by atoms with Crippen LogP contribution >= 0.6 is 0 Å². The Morgan fingerprint density at radius 1 is 1.21 bits per heavy atom. The molecule has 4 nitrogen and oxygen atoms in total. The topological polar surface area (TPSA) is 66.7 Å². The first-order valence-electron chi connectivity index (χ1n) is 12.1. The Hall–Kier alpha value is -2.44. The molecule has 3 N–H and O–H groups in total. The normalized spacial score (nSPS) is 16.5. The van der Waals surface area contributed by atoms with Crippen LogP contribution in [-0.4, -0.2) is 18.9 Å². The number of hydrogen-bond donors (Lipinski definition) is 1. The predicted molar refractivity (Wildman–Crippen MR) is 132 cm³/mol. The molecule has 0 saturated heterocycles. The number of nitrogens with zero attached hydrogens (tertiary/aromatic N) is 1.